The molecule has 1 aromatic rings. The number of carbonyl (C=O) groups excluding carboxylic acids is 3. The van der Waals surface area contributed by atoms with Crippen molar-refractivity contribution >= 4 is 35.1 Å². The van der Waals surface area contributed by atoms with Gasteiger partial charge >= 0.3 is 5.97 Å². The Kier molecular flexibility index (Phi) is 6.75. The minimum atomic E-state index is -1.01. The molecular weight excluding hydrogens is 412 g/mol. The molecule has 1 N–H and O–H groups in total. The van der Waals surface area contributed by atoms with Crippen molar-refractivity contribution in [3.05, 3.63) is 17.2 Å². The first kappa shape index (κ1) is 22.2. The third-order valence-corrected chi connectivity index (χ3v) is 6.18. The number of anilines is 1. The Labute approximate surface area is 180 Å². The summed E-state index contributed by atoms with van der Waals surface area (Å²) in [6.07, 6.45) is 3.81. The SMILES string of the molecule is COC(=O)C1(NC(=O)[C@H]2CC(=O)N(c3cc(Cl)c(OC)cc3OC)C2)CCCCC1. The van der Waals surface area contributed by atoms with E-state index in [2.05, 4.69) is 5.32 Å². The van der Waals surface area contributed by atoms with Gasteiger partial charge in [0.05, 0.1) is 38.0 Å². The van der Waals surface area contributed by atoms with Gasteiger partial charge in [0.1, 0.15) is 17.0 Å². The summed E-state index contributed by atoms with van der Waals surface area (Å²) in [6, 6.07) is 3.20. The molecule has 1 saturated heterocycles. The quantitative estimate of drug-likeness (QED) is 0.686. The minimum absolute atomic E-state index is 0.0376. The van der Waals surface area contributed by atoms with Crippen LogP contribution in [0.25, 0.3) is 0 Å². The molecule has 1 aromatic carbocycles. The van der Waals surface area contributed by atoms with E-state index in [1.54, 1.807) is 12.1 Å². The number of methoxy groups -OCH3 is 3. The fraction of sp³-hybridized carbons (Fsp3) is 0.571. The van der Waals surface area contributed by atoms with Gasteiger partial charge in [0.15, 0.2) is 0 Å². The van der Waals surface area contributed by atoms with Crippen molar-refractivity contribution < 1.29 is 28.6 Å². The van der Waals surface area contributed by atoms with Gasteiger partial charge in [-0.3, -0.25) is 9.59 Å². The van der Waals surface area contributed by atoms with Gasteiger partial charge in [-0.15, -0.1) is 0 Å². The van der Waals surface area contributed by atoms with Crippen LogP contribution < -0.4 is 19.7 Å². The van der Waals surface area contributed by atoms with Gasteiger partial charge < -0.3 is 24.4 Å². The van der Waals surface area contributed by atoms with E-state index in [1.165, 1.54) is 26.2 Å². The number of carbonyl (C=O) groups is 3. The van der Waals surface area contributed by atoms with E-state index in [0.717, 1.165) is 19.3 Å². The molecule has 0 bridgehead atoms. The van der Waals surface area contributed by atoms with Crippen LogP contribution in [-0.2, 0) is 19.1 Å². The molecule has 2 amide bonds. The van der Waals surface area contributed by atoms with E-state index in [4.69, 9.17) is 25.8 Å². The fourth-order valence-corrected chi connectivity index (χ4v) is 4.47. The smallest absolute Gasteiger partial charge is 0.331 e. The van der Waals surface area contributed by atoms with Gasteiger partial charge in [0.25, 0.3) is 0 Å². The van der Waals surface area contributed by atoms with Crippen molar-refractivity contribution in [2.45, 2.75) is 44.1 Å². The van der Waals surface area contributed by atoms with Gasteiger partial charge in [0.2, 0.25) is 11.8 Å². The van der Waals surface area contributed by atoms with Crippen molar-refractivity contribution in [3.8, 4) is 11.5 Å². The lowest BCUT2D eigenvalue weighted by Gasteiger charge is -2.35. The number of ether oxygens (including phenoxy) is 3. The maximum atomic E-state index is 13.0. The van der Waals surface area contributed by atoms with E-state index >= 15 is 0 Å². The first-order chi connectivity index (χ1) is 14.3. The molecule has 0 spiro atoms. The van der Waals surface area contributed by atoms with E-state index in [-0.39, 0.29) is 24.8 Å². The summed E-state index contributed by atoms with van der Waals surface area (Å²) in [5.41, 5.74) is -0.536. The van der Waals surface area contributed by atoms with E-state index in [9.17, 15) is 14.4 Å². The van der Waals surface area contributed by atoms with E-state index in [0.29, 0.717) is 35.1 Å². The molecule has 1 heterocycles. The molecular formula is C21H27ClN2O6. The maximum absolute atomic E-state index is 13.0. The second-order valence-electron chi connectivity index (χ2n) is 7.69. The van der Waals surface area contributed by atoms with Crippen molar-refractivity contribution in [1.29, 1.82) is 0 Å². The molecule has 30 heavy (non-hydrogen) atoms. The molecule has 164 valence electrons. The number of nitrogens with one attached hydrogen (secondary N) is 1. The van der Waals surface area contributed by atoms with Gasteiger partial charge in [0, 0.05) is 19.0 Å². The summed E-state index contributed by atoms with van der Waals surface area (Å²) in [4.78, 5) is 39.6. The number of rotatable bonds is 6. The zero-order chi connectivity index (χ0) is 21.9. The van der Waals surface area contributed by atoms with Gasteiger partial charge in [-0.05, 0) is 18.9 Å². The van der Waals surface area contributed by atoms with E-state index < -0.39 is 17.4 Å². The minimum Gasteiger partial charge on any atom is -0.495 e. The molecule has 1 atom stereocenters. The standard InChI is InChI=1S/C21H27ClN2O6/c1-28-16-11-17(29-2)15(10-14(16)22)24-12-13(9-18(24)25)19(26)23-21(20(27)30-3)7-5-4-6-8-21/h10-11,13H,4-9,12H2,1-3H3,(H,23,26)/t13-/m0/s1. The number of amides is 2. The lowest BCUT2D eigenvalue weighted by molar-refractivity contribution is -0.153. The average molecular weight is 439 g/mol. The van der Waals surface area contributed by atoms with Crippen LogP contribution in [0.5, 0.6) is 11.5 Å². The summed E-state index contributed by atoms with van der Waals surface area (Å²) < 4.78 is 15.5. The highest BCUT2D eigenvalue weighted by molar-refractivity contribution is 6.32. The Morgan fingerprint density at radius 3 is 2.37 bits per heavy atom. The van der Waals surface area contributed by atoms with Gasteiger partial charge in [-0.1, -0.05) is 30.9 Å². The van der Waals surface area contributed by atoms with Crippen LogP contribution >= 0.6 is 11.6 Å². The largest absolute Gasteiger partial charge is 0.495 e. The second-order valence-corrected chi connectivity index (χ2v) is 8.09. The third kappa shape index (κ3) is 4.19. The van der Waals surface area contributed by atoms with Crippen LogP contribution in [0.2, 0.25) is 5.02 Å². The Bertz CT molecular complexity index is 837. The van der Waals surface area contributed by atoms with Crippen LogP contribution in [0.3, 0.4) is 0 Å². The molecule has 1 aliphatic carbocycles. The molecule has 9 heteroatoms. The zero-order valence-electron chi connectivity index (χ0n) is 17.5. The van der Waals surface area contributed by atoms with Crippen molar-refractivity contribution in [2.75, 3.05) is 32.8 Å². The molecule has 8 nitrogen and oxygen atoms in total. The first-order valence-corrected chi connectivity index (χ1v) is 10.4. The highest BCUT2D eigenvalue weighted by atomic mass is 35.5. The first-order valence-electron chi connectivity index (χ1n) is 9.97. The highest BCUT2D eigenvalue weighted by Gasteiger charge is 2.45. The molecule has 1 saturated carbocycles. The molecule has 0 radical (unpaired) electrons. The molecule has 0 aromatic heterocycles. The summed E-state index contributed by atoms with van der Waals surface area (Å²) in [7, 11) is 4.30. The topological polar surface area (TPSA) is 94.2 Å². The number of halogens is 1. The molecule has 2 fully saturated rings. The highest BCUT2D eigenvalue weighted by Crippen LogP contribution is 2.40. The lowest BCUT2D eigenvalue weighted by Crippen LogP contribution is -2.57. The lowest BCUT2D eigenvalue weighted by atomic mass is 9.81. The Morgan fingerprint density at radius 1 is 1.10 bits per heavy atom. The maximum Gasteiger partial charge on any atom is 0.331 e. The van der Waals surface area contributed by atoms with Crippen LogP contribution in [-0.4, -0.2) is 51.2 Å². The van der Waals surface area contributed by atoms with Crippen LogP contribution in [0.1, 0.15) is 38.5 Å². The molecule has 1 aliphatic heterocycles. The Morgan fingerprint density at radius 2 is 1.77 bits per heavy atom. The fourth-order valence-electron chi connectivity index (χ4n) is 4.24. The Hall–Kier alpha value is -2.48. The second kappa shape index (κ2) is 9.12. The predicted molar refractivity (Wildman–Crippen MR) is 111 cm³/mol. The number of hydrogen-bond donors (Lipinski definition) is 1. The summed E-state index contributed by atoms with van der Waals surface area (Å²) in [5.74, 6) is -0.714. The monoisotopic (exact) mass is 438 g/mol. The van der Waals surface area contributed by atoms with Crippen molar-refractivity contribution in [3.63, 3.8) is 0 Å². The summed E-state index contributed by atoms with van der Waals surface area (Å²) in [5, 5.41) is 3.24. The van der Waals surface area contributed by atoms with Crippen LogP contribution in [0.15, 0.2) is 12.1 Å². The number of nitrogens with zero attached hydrogens (tertiary/aromatic N) is 1. The average Bonchev–Trinajstić information content (AvgIpc) is 3.15. The van der Waals surface area contributed by atoms with Gasteiger partial charge in [-0.25, -0.2) is 4.79 Å². The number of benzene rings is 1. The molecule has 3 rings (SSSR count). The predicted octanol–water partition coefficient (Wildman–Crippen LogP) is 2.70. The summed E-state index contributed by atoms with van der Waals surface area (Å²) in [6.45, 7) is 0.168. The summed E-state index contributed by atoms with van der Waals surface area (Å²) >= 11 is 6.23. The Balaban J connectivity index is 1.79. The molecule has 2 aliphatic rings. The van der Waals surface area contributed by atoms with Crippen LogP contribution in [0, 0.1) is 5.92 Å². The van der Waals surface area contributed by atoms with E-state index in [1.807, 2.05) is 0 Å². The number of esters is 1. The third-order valence-electron chi connectivity index (χ3n) is 5.89. The number of hydrogen-bond acceptors (Lipinski definition) is 6. The van der Waals surface area contributed by atoms with Gasteiger partial charge in [-0.2, -0.15) is 0 Å². The van der Waals surface area contributed by atoms with Crippen molar-refractivity contribution in [1.82, 2.24) is 5.32 Å². The zero-order valence-corrected chi connectivity index (χ0v) is 18.2. The normalized spacial score (nSPS) is 20.6. The van der Waals surface area contributed by atoms with Crippen molar-refractivity contribution in [2.24, 2.45) is 5.92 Å². The molecule has 0 unspecified atom stereocenters. The van der Waals surface area contributed by atoms with Crippen LogP contribution in [0.4, 0.5) is 5.69 Å².